The van der Waals surface area contributed by atoms with Crippen LogP contribution in [0.25, 0.3) is 0 Å². The highest BCUT2D eigenvalue weighted by Crippen LogP contribution is 2.21. The number of hydrogen-bond donors (Lipinski definition) is 1. The summed E-state index contributed by atoms with van der Waals surface area (Å²) < 4.78 is 7.41. The zero-order valence-corrected chi connectivity index (χ0v) is 13.5. The molecule has 6 nitrogen and oxygen atoms in total. The Morgan fingerprint density at radius 3 is 3.08 bits per heavy atom. The molecule has 0 radical (unpaired) electrons. The van der Waals surface area contributed by atoms with Crippen LogP contribution in [0.3, 0.4) is 0 Å². The highest BCUT2D eigenvalue weighted by Gasteiger charge is 2.32. The number of benzene rings is 1. The van der Waals surface area contributed by atoms with Crippen LogP contribution in [-0.4, -0.2) is 33.6 Å². The fraction of sp³-hybridized carbons (Fsp3) is 0.389. The van der Waals surface area contributed by atoms with Gasteiger partial charge in [0, 0.05) is 31.6 Å². The second kappa shape index (κ2) is 5.78. The number of nitrogens with zero attached hydrogens (tertiary/aromatic N) is 2. The summed E-state index contributed by atoms with van der Waals surface area (Å²) in [6.07, 6.45) is 3.37. The maximum atomic E-state index is 12.5. The average molecular weight is 325 g/mol. The summed E-state index contributed by atoms with van der Waals surface area (Å²) in [5.74, 6) is 0.423. The molecule has 1 aromatic carbocycles. The summed E-state index contributed by atoms with van der Waals surface area (Å²) in [5, 5.41) is 3.03. The van der Waals surface area contributed by atoms with Crippen LogP contribution in [0.2, 0.25) is 0 Å². The SMILES string of the molecule is Cc1cn2c(n1)CC[C@H](NC(=O)[C@@H]1Cc3ccccc3C(=O)O1)C2. The minimum absolute atomic E-state index is 0.0365. The van der Waals surface area contributed by atoms with Gasteiger partial charge in [-0.15, -0.1) is 0 Å². The maximum absolute atomic E-state index is 12.5. The lowest BCUT2D eigenvalue weighted by molar-refractivity contribution is -0.131. The molecule has 0 unspecified atom stereocenters. The van der Waals surface area contributed by atoms with E-state index in [4.69, 9.17) is 4.74 Å². The van der Waals surface area contributed by atoms with Crippen LogP contribution >= 0.6 is 0 Å². The summed E-state index contributed by atoms with van der Waals surface area (Å²) in [7, 11) is 0. The monoisotopic (exact) mass is 325 g/mol. The van der Waals surface area contributed by atoms with Gasteiger partial charge in [-0.25, -0.2) is 9.78 Å². The van der Waals surface area contributed by atoms with E-state index in [0.29, 0.717) is 18.5 Å². The Kier molecular flexibility index (Phi) is 3.59. The van der Waals surface area contributed by atoms with Crippen molar-refractivity contribution >= 4 is 11.9 Å². The van der Waals surface area contributed by atoms with Crippen molar-refractivity contribution in [3.05, 3.63) is 53.1 Å². The van der Waals surface area contributed by atoms with Gasteiger partial charge in [-0.2, -0.15) is 0 Å². The Hall–Kier alpha value is -2.63. The molecular weight excluding hydrogens is 306 g/mol. The predicted octanol–water partition coefficient (Wildman–Crippen LogP) is 1.40. The number of carbonyl (C=O) groups is 2. The molecule has 6 heteroatoms. The quantitative estimate of drug-likeness (QED) is 0.847. The Morgan fingerprint density at radius 2 is 2.21 bits per heavy atom. The molecule has 0 fully saturated rings. The van der Waals surface area contributed by atoms with E-state index in [1.807, 2.05) is 25.3 Å². The number of cyclic esters (lactones) is 1. The van der Waals surface area contributed by atoms with Gasteiger partial charge < -0.3 is 14.6 Å². The first kappa shape index (κ1) is 14.9. The Balaban J connectivity index is 1.43. The van der Waals surface area contributed by atoms with Gasteiger partial charge in [-0.3, -0.25) is 4.79 Å². The van der Waals surface area contributed by atoms with E-state index in [2.05, 4.69) is 14.9 Å². The van der Waals surface area contributed by atoms with Gasteiger partial charge in [-0.05, 0) is 25.0 Å². The molecular formula is C18H19N3O3. The molecule has 2 atom stereocenters. The molecule has 0 saturated heterocycles. The van der Waals surface area contributed by atoms with E-state index in [9.17, 15) is 9.59 Å². The zero-order chi connectivity index (χ0) is 16.7. The van der Waals surface area contributed by atoms with E-state index in [1.165, 1.54) is 0 Å². The molecule has 1 aromatic heterocycles. The van der Waals surface area contributed by atoms with Gasteiger partial charge in [0.05, 0.1) is 11.3 Å². The standard InChI is InChI=1S/C18H19N3O3/c1-11-9-21-10-13(6-7-16(21)19-11)20-17(22)15-8-12-4-2-3-5-14(12)18(23)24-15/h2-5,9,13,15H,6-8,10H2,1H3,(H,20,22)/t13-,15-/m0/s1. The number of fused-ring (bicyclic) bond motifs is 2. The number of carbonyl (C=O) groups excluding carboxylic acids is 2. The lowest BCUT2D eigenvalue weighted by atomic mass is 9.98. The van der Waals surface area contributed by atoms with Gasteiger partial charge in [0.1, 0.15) is 5.82 Å². The topological polar surface area (TPSA) is 73.2 Å². The lowest BCUT2D eigenvalue weighted by Gasteiger charge is -2.28. The zero-order valence-electron chi connectivity index (χ0n) is 13.5. The average Bonchev–Trinajstić information content (AvgIpc) is 2.94. The Morgan fingerprint density at radius 1 is 1.38 bits per heavy atom. The number of amides is 1. The molecule has 0 aliphatic carbocycles. The molecule has 124 valence electrons. The van der Waals surface area contributed by atoms with E-state index < -0.39 is 12.1 Å². The van der Waals surface area contributed by atoms with Crippen LogP contribution in [0.15, 0.2) is 30.5 Å². The molecule has 4 rings (SSSR count). The van der Waals surface area contributed by atoms with Crippen molar-refractivity contribution in [2.45, 2.75) is 44.9 Å². The number of rotatable bonds is 2. The number of aromatic nitrogens is 2. The van der Waals surface area contributed by atoms with Crippen molar-refractivity contribution in [2.24, 2.45) is 0 Å². The summed E-state index contributed by atoms with van der Waals surface area (Å²) in [6, 6.07) is 7.31. The second-order valence-corrected chi connectivity index (χ2v) is 6.45. The first-order valence-electron chi connectivity index (χ1n) is 8.22. The Labute approximate surface area is 139 Å². The van der Waals surface area contributed by atoms with Gasteiger partial charge in [0.2, 0.25) is 0 Å². The number of hydrogen-bond acceptors (Lipinski definition) is 4. The van der Waals surface area contributed by atoms with Crippen LogP contribution in [-0.2, 0) is 28.9 Å². The number of nitrogens with one attached hydrogen (secondary N) is 1. The van der Waals surface area contributed by atoms with Crippen molar-refractivity contribution < 1.29 is 14.3 Å². The molecule has 1 N–H and O–H groups in total. The molecule has 0 bridgehead atoms. The van der Waals surface area contributed by atoms with Crippen molar-refractivity contribution in [3.8, 4) is 0 Å². The highest BCUT2D eigenvalue weighted by atomic mass is 16.5. The summed E-state index contributed by atoms with van der Waals surface area (Å²) in [5.41, 5.74) is 2.41. The summed E-state index contributed by atoms with van der Waals surface area (Å²) in [4.78, 5) is 29.0. The third-order valence-corrected chi connectivity index (χ3v) is 4.64. The van der Waals surface area contributed by atoms with Crippen molar-refractivity contribution in [1.82, 2.24) is 14.9 Å². The lowest BCUT2D eigenvalue weighted by Crippen LogP contribution is -2.48. The summed E-state index contributed by atoms with van der Waals surface area (Å²) in [6.45, 7) is 2.68. The van der Waals surface area contributed by atoms with E-state index >= 15 is 0 Å². The number of imidazole rings is 1. The van der Waals surface area contributed by atoms with Crippen LogP contribution in [0, 0.1) is 6.92 Å². The Bertz CT molecular complexity index is 812. The molecule has 0 saturated carbocycles. The smallest absolute Gasteiger partial charge is 0.339 e. The number of aryl methyl sites for hydroxylation is 2. The van der Waals surface area contributed by atoms with Crippen LogP contribution < -0.4 is 5.32 Å². The molecule has 2 aliphatic rings. The van der Waals surface area contributed by atoms with Crippen LogP contribution in [0.4, 0.5) is 0 Å². The molecule has 1 amide bonds. The largest absolute Gasteiger partial charge is 0.448 e. The van der Waals surface area contributed by atoms with E-state index in [1.54, 1.807) is 12.1 Å². The third kappa shape index (κ3) is 2.68. The highest BCUT2D eigenvalue weighted by molar-refractivity contribution is 5.95. The number of esters is 1. The minimum atomic E-state index is -0.752. The van der Waals surface area contributed by atoms with Gasteiger partial charge in [0.15, 0.2) is 6.10 Å². The molecule has 3 heterocycles. The van der Waals surface area contributed by atoms with Crippen molar-refractivity contribution in [2.75, 3.05) is 0 Å². The third-order valence-electron chi connectivity index (χ3n) is 4.64. The van der Waals surface area contributed by atoms with Crippen LogP contribution in [0.1, 0.15) is 33.9 Å². The first-order chi connectivity index (χ1) is 11.6. The molecule has 24 heavy (non-hydrogen) atoms. The van der Waals surface area contributed by atoms with Gasteiger partial charge >= 0.3 is 5.97 Å². The van der Waals surface area contributed by atoms with Crippen molar-refractivity contribution in [3.63, 3.8) is 0 Å². The van der Waals surface area contributed by atoms with E-state index in [0.717, 1.165) is 29.9 Å². The van der Waals surface area contributed by atoms with Crippen LogP contribution in [0.5, 0.6) is 0 Å². The van der Waals surface area contributed by atoms with E-state index in [-0.39, 0.29) is 11.9 Å². The van der Waals surface area contributed by atoms with Crippen molar-refractivity contribution in [1.29, 1.82) is 0 Å². The normalized spacial score (nSPS) is 22.3. The molecule has 0 spiro atoms. The van der Waals surface area contributed by atoms with Gasteiger partial charge in [0.25, 0.3) is 5.91 Å². The predicted molar refractivity (Wildman–Crippen MR) is 86.6 cm³/mol. The molecule has 2 aliphatic heterocycles. The number of ether oxygens (including phenoxy) is 1. The van der Waals surface area contributed by atoms with Gasteiger partial charge in [-0.1, -0.05) is 18.2 Å². The fourth-order valence-electron chi connectivity index (χ4n) is 3.48. The minimum Gasteiger partial charge on any atom is -0.448 e. The fourth-order valence-corrected chi connectivity index (χ4v) is 3.48. The maximum Gasteiger partial charge on any atom is 0.339 e. The molecule has 2 aromatic rings. The summed E-state index contributed by atoms with van der Waals surface area (Å²) >= 11 is 0. The first-order valence-corrected chi connectivity index (χ1v) is 8.22. The second-order valence-electron chi connectivity index (χ2n) is 6.45.